The molecule has 92 valence electrons. The van der Waals surface area contributed by atoms with Gasteiger partial charge in [-0.3, -0.25) is 4.79 Å². The molecule has 0 radical (unpaired) electrons. The van der Waals surface area contributed by atoms with E-state index in [0.717, 1.165) is 0 Å². The van der Waals surface area contributed by atoms with Gasteiger partial charge < -0.3 is 0 Å². The van der Waals surface area contributed by atoms with Gasteiger partial charge in [0.2, 0.25) is 10.0 Å². The Labute approximate surface area is 109 Å². The first-order valence-electron chi connectivity index (χ1n) is 4.77. The molecule has 0 aliphatic rings. The normalized spacial score (nSPS) is 11.2. The molecule has 0 spiro atoms. The van der Waals surface area contributed by atoms with Gasteiger partial charge in [-0.05, 0) is 19.1 Å². The number of nitrogens with one attached hydrogen (secondary N) is 1. The summed E-state index contributed by atoms with van der Waals surface area (Å²) in [6.45, 7) is 5.03. The van der Waals surface area contributed by atoms with Crippen LogP contribution in [0.1, 0.15) is 17.3 Å². The molecular formula is C11H12BrNO3S. The predicted octanol–water partition coefficient (Wildman–Crippen LogP) is 2.08. The Bertz CT molecular complexity index is 552. The summed E-state index contributed by atoms with van der Waals surface area (Å²) in [6, 6.07) is 5.90. The number of hydrogen-bond donors (Lipinski definition) is 1. The summed E-state index contributed by atoms with van der Waals surface area (Å²) >= 11 is 3.06. The fraction of sp³-hybridized carbons (Fsp3) is 0.182. The Balaban J connectivity index is 3.03. The fourth-order valence-electron chi connectivity index (χ4n) is 1.14. The monoisotopic (exact) mass is 317 g/mol. The first-order chi connectivity index (χ1) is 7.83. The Morgan fingerprint density at radius 2 is 2.12 bits per heavy atom. The molecule has 0 saturated carbocycles. The molecule has 0 aromatic heterocycles. The number of carbonyl (C=O) groups is 1. The number of Topliss-reactive ketones (excluding diaryl/α,β-unsaturated/α-hetero) is 1. The summed E-state index contributed by atoms with van der Waals surface area (Å²) in [5.74, 6) is -0.174. The van der Waals surface area contributed by atoms with E-state index in [1.165, 1.54) is 25.1 Å². The molecule has 1 aromatic rings. The minimum absolute atomic E-state index is 0.0685. The number of ketones is 1. The van der Waals surface area contributed by atoms with Crippen LogP contribution in [0.2, 0.25) is 0 Å². The fourth-order valence-corrected chi connectivity index (χ4v) is 2.54. The molecule has 0 aliphatic heterocycles. The molecule has 0 aliphatic carbocycles. The third-order valence-electron chi connectivity index (χ3n) is 2.00. The van der Waals surface area contributed by atoms with Gasteiger partial charge in [0, 0.05) is 16.6 Å². The molecule has 6 heteroatoms. The number of rotatable bonds is 5. The average molecular weight is 318 g/mol. The van der Waals surface area contributed by atoms with E-state index in [4.69, 9.17) is 0 Å². The molecule has 4 nitrogen and oxygen atoms in total. The number of halogens is 1. The van der Waals surface area contributed by atoms with Gasteiger partial charge in [-0.1, -0.05) is 34.6 Å². The van der Waals surface area contributed by atoms with Gasteiger partial charge in [0.1, 0.15) is 0 Å². The van der Waals surface area contributed by atoms with E-state index in [1.807, 2.05) is 0 Å². The van der Waals surface area contributed by atoms with Crippen LogP contribution in [0.25, 0.3) is 0 Å². The van der Waals surface area contributed by atoms with Crippen molar-refractivity contribution in [2.75, 3.05) is 6.54 Å². The van der Waals surface area contributed by atoms with Crippen LogP contribution in [0.3, 0.4) is 0 Å². The number of carbonyl (C=O) groups excluding carboxylic acids is 1. The van der Waals surface area contributed by atoms with Gasteiger partial charge in [-0.25, -0.2) is 13.1 Å². The van der Waals surface area contributed by atoms with Crippen molar-refractivity contribution in [1.82, 2.24) is 4.72 Å². The van der Waals surface area contributed by atoms with Gasteiger partial charge in [-0.15, -0.1) is 0 Å². The topological polar surface area (TPSA) is 63.2 Å². The van der Waals surface area contributed by atoms with E-state index >= 15 is 0 Å². The zero-order valence-corrected chi connectivity index (χ0v) is 11.6. The zero-order valence-electron chi connectivity index (χ0n) is 9.23. The van der Waals surface area contributed by atoms with E-state index < -0.39 is 10.0 Å². The highest BCUT2D eigenvalue weighted by Crippen LogP contribution is 2.12. The maximum absolute atomic E-state index is 11.8. The number of benzene rings is 1. The Morgan fingerprint density at radius 3 is 2.65 bits per heavy atom. The van der Waals surface area contributed by atoms with Crippen molar-refractivity contribution in [2.45, 2.75) is 11.8 Å². The van der Waals surface area contributed by atoms with Crippen molar-refractivity contribution < 1.29 is 13.2 Å². The van der Waals surface area contributed by atoms with Crippen LogP contribution in [0.15, 0.2) is 40.2 Å². The van der Waals surface area contributed by atoms with Crippen LogP contribution in [0.5, 0.6) is 0 Å². The van der Waals surface area contributed by atoms with Gasteiger partial charge in [0.25, 0.3) is 0 Å². The highest BCUT2D eigenvalue weighted by Gasteiger charge is 2.14. The Hall–Kier alpha value is -0.980. The van der Waals surface area contributed by atoms with Crippen molar-refractivity contribution >= 4 is 31.7 Å². The summed E-state index contributed by atoms with van der Waals surface area (Å²) in [4.78, 5) is 11.2. The second kappa shape index (κ2) is 5.57. The highest BCUT2D eigenvalue weighted by atomic mass is 79.9. The standard InChI is InChI=1S/C11H12BrNO3S/c1-8(12)7-13-17(15,16)11-5-3-4-10(6-11)9(2)14/h3-6,13H,1,7H2,2H3. The van der Waals surface area contributed by atoms with E-state index in [0.29, 0.717) is 10.0 Å². The van der Waals surface area contributed by atoms with E-state index in [2.05, 4.69) is 27.2 Å². The SMILES string of the molecule is C=C(Br)CNS(=O)(=O)c1cccc(C(C)=O)c1. The van der Waals surface area contributed by atoms with E-state index in [1.54, 1.807) is 6.07 Å². The van der Waals surface area contributed by atoms with Crippen molar-refractivity contribution in [3.63, 3.8) is 0 Å². The molecule has 1 aromatic carbocycles. The molecule has 0 atom stereocenters. The van der Waals surface area contributed by atoms with Crippen molar-refractivity contribution in [1.29, 1.82) is 0 Å². The molecule has 1 N–H and O–H groups in total. The Morgan fingerprint density at radius 1 is 1.47 bits per heavy atom. The Kier molecular flexibility index (Phi) is 4.62. The lowest BCUT2D eigenvalue weighted by Gasteiger charge is -2.06. The van der Waals surface area contributed by atoms with Crippen LogP contribution in [-0.2, 0) is 10.0 Å². The lowest BCUT2D eigenvalue weighted by molar-refractivity contribution is 0.101. The molecular weight excluding hydrogens is 306 g/mol. The van der Waals surface area contributed by atoms with E-state index in [9.17, 15) is 13.2 Å². The second-order valence-electron chi connectivity index (χ2n) is 3.43. The molecule has 0 fully saturated rings. The first kappa shape index (κ1) is 14.1. The molecule has 0 bridgehead atoms. The minimum Gasteiger partial charge on any atom is -0.295 e. The molecule has 0 unspecified atom stereocenters. The molecule has 0 heterocycles. The van der Waals surface area contributed by atoms with Crippen molar-refractivity contribution in [3.05, 3.63) is 40.9 Å². The summed E-state index contributed by atoms with van der Waals surface area (Å²) in [5, 5.41) is 0. The summed E-state index contributed by atoms with van der Waals surface area (Å²) < 4.78 is 26.5. The van der Waals surface area contributed by atoms with Crippen LogP contribution < -0.4 is 4.72 Å². The minimum atomic E-state index is -3.60. The quantitative estimate of drug-likeness (QED) is 0.846. The maximum Gasteiger partial charge on any atom is 0.240 e. The third-order valence-corrected chi connectivity index (χ3v) is 3.68. The summed E-state index contributed by atoms with van der Waals surface area (Å²) in [7, 11) is -3.60. The lowest BCUT2D eigenvalue weighted by atomic mass is 10.2. The number of hydrogen-bond acceptors (Lipinski definition) is 3. The molecule has 0 amide bonds. The first-order valence-corrected chi connectivity index (χ1v) is 7.04. The number of sulfonamides is 1. The van der Waals surface area contributed by atoms with E-state index in [-0.39, 0.29) is 17.2 Å². The average Bonchev–Trinajstić information content (AvgIpc) is 2.27. The van der Waals surface area contributed by atoms with Gasteiger partial charge in [0.05, 0.1) is 4.90 Å². The maximum atomic E-state index is 11.8. The lowest BCUT2D eigenvalue weighted by Crippen LogP contribution is -2.24. The molecule has 1 rings (SSSR count). The van der Waals surface area contributed by atoms with Crippen LogP contribution in [-0.4, -0.2) is 20.7 Å². The van der Waals surface area contributed by atoms with Crippen LogP contribution in [0, 0.1) is 0 Å². The smallest absolute Gasteiger partial charge is 0.240 e. The predicted molar refractivity (Wildman–Crippen MR) is 69.7 cm³/mol. The zero-order chi connectivity index (χ0) is 13.1. The largest absolute Gasteiger partial charge is 0.295 e. The van der Waals surface area contributed by atoms with Crippen molar-refractivity contribution in [2.24, 2.45) is 0 Å². The molecule has 17 heavy (non-hydrogen) atoms. The van der Waals surface area contributed by atoms with Gasteiger partial charge >= 0.3 is 0 Å². The second-order valence-corrected chi connectivity index (χ2v) is 6.31. The highest BCUT2D eigenvalue weighted by molar-refractivity contribution is 9.11. The van der Waals surface area contributed by atoms with Gasteiger partial charge in [-0.2, -0.15) is 0 Å². The third kappa shape index (κ3) is 4.07. The van der Waals surface area contributed by atoms with Gasteiger partial charge in [0.15, 0.2) is 5.78 Å². The van der Waals surface area contributed by atoms with Crippen molar-refractivity contribution in [3.8, 4) is 0 Å². The van der Waals surface area contributed by atoms with Crippen LogP contribution in [0.4, 0.5) is 0 Å². The van der Waals surface area contributed by atoms with Crippen LogP contribution >= 0.6 is 15.9 Å². The summed E-state index contributed by atoms with van der Waals surface area (Å²) in [6.07, 6.45) is 0. The molecule has 0 saturated heterocycles. The summed E-state index contributed by atoms with van der Waals surface area (Å²) in [5.41, 5.74) is 0.366.